The van der Waals surface area contributed by atoms with E-state index >= 15 is 0 Å². The highest BCUT2D eigenvalue weighted by Crippen LogP contribution is 2.15. The van der Waals surface area contributed by atoms with Gasteiger partial charge in [0.25, 0.3) is 0 Å². The molecule has 1 unspecified atom stereocenters. The molecular weight excluding hydrogens is 218 g/mol. The monoisotopic (exact) mass is 235 g/mol. The third kappa shape index (κ3) is 2.55. The Morgan fingerprint density at radius 3 is 3.00 bits per heavy atom. The van der Waals surface area contributed by atoms with Crippen molar-refractivity contribution in [3.05, 3.63) is 23.9 Å². The minimum atomic E-state index is -0.350. The Labute approximate surface area is 101 Å². The summed E-state index contributed by atoms with van der Waals surface area (Å²) in [7, 11) is 1.37. The predicted octanol–water partition coefficient (Wildman–Crippen LogP) is 0.666. The summed E-state index contributed by atoms with van der Waals surface area (Å²) < 4.78 is 4.64. The summed E-state index contributed by atoms with van der Waals surface area (Å²) >= 11 is 0. The summed E-state index contributed by atoms with van der Waals surface area (Å²) in [6, 6.07) is 4.04. The second kappa shape index (κ2) is 5.14. The first-order valence-electron chi connectivity index (χ1n) is 5.74. The Balaban J connectivity index is 2.14. The molecule has 2 heterocycles. The van der Waals surface area contributed by atoms with Crippen molar-refractivity contribution in [1.82, 2.24) is 10.3 Å². The molecule has 17 heavy (non-hydrogen) atoms. The molecule has 5 nitrogen and oxygen atoms in total. The average Bonchev–Trinajstić information content (AvgIpc) is 2.39. The molecule has 5 heteroatoms. The second-order valence-corrected chi connectivity index (χ2v) is 4.14. The summed E-state index contributed by atoms with van der Waals surface area (Å²) in [5, 5.41) is 3.33. The number of ether oxygens (including phenoxy) is 1. The number of pyridine rings is 1. The van der Waals surface area contributed by atoms with Gasteiger partial charge in [-0.2, -0.15) is 0 Å². The van der Waals surface area contributed by atoms with Crippen LogP contribution < -0.4 is 10.2 Å². The van der Waals surface area contributed by atoms with Gasteiger partial charge in [0.05, 0.1) is 12.7 Å². The standard InChI is InChI=1S/C12H17N3O2/c1-9-7-13-5-6-15(9)11-4-3-10(8-14-11)12(16)17-2/h3-4,8-9,13H,5-7H2,1-2H3. The van der Waals surface area contributed by atoms with Crippen LogP contribution in [0, 0.1) is 0 Å². The van der Waals surface area contributed by atoms with Gasteiger partial charge >= 0.3 is 5.97 Å². The molecular formula is C12H17N3O2. The zero-order valence-electron chi connectivity index (χ0n) is 10.1. The summed E-state index contributed by atoms with van der Waals surface area (Å²) in [5.74, 6) is 0.559. The molecule has 0 amide bonds. The van der Waals surface area contributed by atoms with Gasteiger partial charge in [-0.25, -0.2) is 9.78 Å². The van der Waals surface area contributed by atoms with E-state index in [-0.39, 0.29) is 5.97 Å². The number of anilines is 1. The third-order valence-corrected chi connectivity index (χ3v) is 2.96. The molecule has 1 aromatic rings. The highest BCUT2D eigenvalue weighted by molar-refractivity contribution is 5.89. The molecule has 0 aromatic carbocycles. The van der Waals surface area contributed by atoms with Crippen molar-refractivity contribution < 1.29 is 9.53 Å². The van der Waals surface area contributed by atoms with E-state index in [1.807, 2.05) is 6.07 Å². The van der Waals surface area contributed by atoms with Crippen LogP contribution in [0.25, 0.3) is 0 Å². The fourth-order valence-corrected chi connectivity index (χ4v) is 1.98. The number of hydrogen-bond donors (Lipinski definition) is 1. The van der Waals surface area contributed by atoms with Crippen LogP contribution in [-0.2, 0) is 4.74 Å². The molecule has 0 spiro atoms. The molecule has 1 aromatic heterocycles. The minimum absolute atomic E-state index is 0.350. The first-order chi connectivity index (χ1) is 8.22. The lowest BCUT2D eigenvalue weighted by molar-refractivity contribution is 0.0600. The molecule has 0 saturated carbocycles. The van der Waals surface area contributed by atoms with Crippen LogP contribution in [0.15, 0.2) is 18.3 Å². The van der Waals surface area contributed by atoms with Crippen LogP contribution in [0.2, 0.25) is 0 Å². The number of methoxy groups -OCH3 is 1. The van der Waals surface area contributed by atoms with Crippen molar-refractivity contribution in [2.75, 3.05) is 31.6 Å². The Hall–Kier alpha value is -1.62. The number of aromatic nitrogens is 1. The largest absolute Gasteiger partial charge is 0.465 e. The number of esters is 1. The van der Waals surface area contributed by atoms with Crippen molar-refractivity contribution in [3.63, 3.8) is 0 Å². The van der Waals surface area contributed by atoms with Crippen molar-refractivity contribution >= 4 is 11.8 Å². The maximum atomic E-state index is 11.3. The molecule has 1 aliphatic rings. The molecule has 1 saturated heterocycles. The van der Waals surface area contributed by atoms with Crippen LogP contribution >= 0.6 is 0 Å². The maximum absolute atomic E-state index is 11.3. The number of hydrogen-bond acceptors (Lipinski definition) is 5. The number of nitrogens with zero attached hydrogens (tertiary/aromatic N) is 2. The number of carbonyl (C=O) groups excluding carboxylic acids is 1. The molecule has 1 N–H and O–H groups in total. The predicted molar refractivity (Wildman–Crippen MR) is 65.3 cm³/mol. The molecule has 0 radical (unpaired) electrons. The SMILES string of the molecule is COC(=O)c1ccc(N2CCNCC2C)nc1. The molecule has 1 aliphatic heterocycles. The lowest BCUT2D eigenvalue weighted by atomic mass is 10.2. The van der Waals surface area contributed by atoms with Crippen molar-refractivity contribution in [2.24, 2.45) is 0 Å². The van der Waals surface area contributed by atoms with Gasteiger partial charge in [0, 0.05) is 31.9 Å². The van der Waals surface area contributed by atoms with Gasteiger partial charge in [-0.1, -0.05) is 0 Å². The maximum Gasteiger partial charge on any atom is 0.339 e. The van der Waals surface area contributed by atoms with Crippen LogP contribution in [-0.4, -0.2) is 43.7 Å². The van der Waals surface area contributed by atoms with E-state index in [0.29, 0.717) is 11.6 Å². The zero-order valence-corrected chi connectivity index (χ0v) is 10.1. The number of piperazine rings is 1. The van der Waals surface area contributed by atoms with Gasteiger partial charge in [-0.05, 0) is 19.1 Å². The van der Waals surface area contributed by atoms with E-state index in [4.69, 9.17) is 0 Å². The normalized spacial score (nSPS) is 20.1. The van der Waals surface area contributed by atoms with E-state index < -0.39 is 0 Å². The summed E-state index contributed by atoms with van der Waals surface area (Å²) in [6.07, 6.45) is 1.57. The fourth-order valence-electron chi connectivity index (χ4n) is 1.98. The first-order valence-corrected chi connectivity index (χ1v) is 5.74. The summed E-state index contributed by atoms with van der Waals surface area (Å²) in [5.41, 5.74) is 0.485. The number of rotatable bonds is 2. The van der Waals surface area contributed by atoms with Crippen LogP contribution in [0.5, 0.6) is 0 Å². The van der Waals surface area contributed by atoms with Crippen LogP contribution in [0.1, 0.15) is 17.3 Å². The van der Waals surface area contributed by atoms with Crippen molar-refractivity contribution in [2.45, 2.75) is 13.0 Å². The number of nitrogens with one attached hydrogen (secondary N) is 1. The Kier molecular flexibility index (Phi) is 3.58. The molecule has 92 valence electrons. The van der Waals surface area contributed by atoms with E-state index in [1.54, 1.807) is 12.3 Å². The quantitative estimate of drug-likeness (QED) is 0.763. The topological polar surface area (TPSA) is 54.5 Å². The van der Waals surface area contributed by atoms with Crippen LogP contribution in [0.4, 0.5) is 5.82 Å². The van der Waals surface area contributed by atoms with Gasteiger partial charge < -0.3 is 15.0 Å². The van der Waals surface area contributed by atoms with Gasteiger partial charge in [-0.3, -0.25) is 0 Å². The lowest BCUT2D eigenvalue weighted by Gasteiger charge is -2.34. The summed E-state index contributed by atoms with van der Waals surface area (Å²) in [6.45, 7) is 5.01. The van der Waals surface area contributed by atoms with E-state index in [2.05, 4.69) is 26.9 Å². The average molecular weight is 235 g/mol. The van der Waals surface area contributed by atoms with Crippen molar-refractivity contribution in [3.8, 4) is 0 Å². The van der Waals surface area contributed by atoms with Gasteiger partial charge in [-0.15, -0.1) is 0 Å². The first kappa shape index (κ1) is 11.9. The summed E-state index contributed by atoms with van der Waals surface area (Å²) in [4.78, 5) is 17.8. The second-order valence-electron chi connectivity index (χ2n) is 4.14. The van der Waals surface area contributed by atoms with E-state index in [0.717, 1.165) is 25.5 Å². The fraction of sp³-hybridized carbons (Fsp3) is 0.500. The lowest BCUT2D eigenvalue weighted by Crippen LogP contribution is -2.50. The Morgan fingerprint density at radius 2 is 2.41 bits per heavy atom. The Bertz CT molecular complexity index is 391. The van der Waals surface area contributed by atoms with E-state index in [9.17, 15) is 4.79 Å². The van der Waals surface area contributed by atoms with Crippen LogP contribution in [0.3, 0.4) is 0 Å². The molecule has 1 atom stereocenters. The third-order valence-electron chi connectivity index (χ3n) is 2.96. The highest BCUT2D eigenvalue weighted by Gasteiger charge is 2.19. The smallest absolute Gasteiger partial charge is 0.339 e. The van der Waals surface area contributed by atoms with Crippen molar-refractivity contribution in [1.29, 1.82) is 0 Å². The zero-order chi connectivity index (χ0) is 12.3. The minimum Gasteiger partial charge on any atom is -0.465 e. The number of carbonyl (C=O) groups is 1. The Morgan fingerprint density at radius 1 is 1.59 bits per heavy atom. The molecule has 0 bridgehead atoms. The molecule has 0 aliphatic carbocycles. The molecule has 1 fully saturated rings. The van der Waals surface area contributed by atoms with Gasteiger partial charge in [0.1, 0.15) is 5.82 Å². The highest BCUT2D eigenvalue weighted by atomic mass is 16.5. The molecule has 2 rings (SSSR count). The van der Waals surface area contributed by atoms with Gasteiger partial charge in [0.2, 0.25) is 0 Å². The van der Waals surface area contributed by atoms with E-state index in [1.165, 1.54) is 7.11 Å². The van der Waals surface area contributed by atoms with Gasteiger partial charge in [0.15, 0.2) is 0 Å².